The Bertz CT molecular complexity index is 313. The molecule has 5 nitrogen and oxygen atoms in total. The van der Waals surface area contributed by atoms with E-state index >= 15 is 0 Å². The van der Waals surface area contributed by atoms with Gasteiger partial charge in [0.05, 0.1) is 13.7 Å². The van der Waals surface area contributed by atoms with E-state index in [-0.39, 0.29) is 0 Å². The van der Waals surface area contributed by atoms with Gasteiger partial charge in [-0.3, -0.25) is 0 Å². The number of nitrogens with zero attached hydrogens (tertiary/aromatic N) is 3. The summed E-state index contributed by atoms with van der Waals surface area (Å²) in [6.07, 6.45) is 0. The van der Waals surface area contributed by atoms with Gasteiger partial charge in [-0.25, -0.2) is 0 Å². The van der Waals surface area contributed by atoms with Gasteiger partial charge in [0.1, 0.15) is 5.16 Å². The van der Waals surface area contributed by atoms with E-state index in [2.05, 4.69) is 23.7 Å². The summed E-state index contributed by atoms with van der Waals surface area (Å²) in [5.74, 6) is 0.931. The van der Waals surface area contributed by atoms with Crippen LogP contribution in [0.25, 0.3) is 0 Å². The lowest BCUT2D eigenvalue weighted by molar-refractivity contribution is 0.252. The Morgan fingerprint density at radius 3 is 2.65 bits per heavy atom. The van der Waals surface area contributed by atoms with Crippen molar-refractivity contribution in [1.29, 1.82) is 0 Å². The Morgan fingerprint density at radius 2 is 2.12 bits per heavy atom. The molecule has 1 rings (SSSR count). The number of methoxy groups -OCH3 is 1. The molecule has 6 heteroatoms. The third kappa shape index (κ3) is 3.78. The van der Waals surface area contributed by atoms with Crippen LogP contribution in [0.3, 0.4) is 0 Å². The highest BCUT2D eigenvalue weighted by Gasteiger charge is 2.20. The van der Waals surface area contributed by atoms with Crippen molar-refractivity contribution in [3.63, 3.8) is 0 Å². The zero-order chi connectivity index (χ0) is 12.8. The topological polar surface area (TPSA) is 54.1 Å². The van der Waals surface area contributed by atoms with Crippen molar-refractivity contribution >= 4 is 17.5 Å². The molecule has 0 radical (unpaired) electrons. The van der Waals surface area contributed by atoms with Gasteiger partial charge in [-0.15, -0.1) is 0 Å². The van der Waals surface area contributed by atoms with E-state index in [1.165, 1.54) is 0 Å². The molecule has 1 aliphatic heterocycles. The van der Waals surface area contributed by atoms with Crippen LogP contribution in [0.15, 0.2) is 16.0 Å². The second kappa shape index (κ2) is 6.71. The fourth-order valence-electron chi connectivity index (χ4n) is 1.70. The van der Waals surface area contributed by atoms with Gasteiger partial charge in [0, 0.05) is 13.1 Å². The Hall–Kier alpha value is -0.940. The van der Waals surface area contributed by atoms with Crippen LogP contribution in [0.5, 0.6) is 0 Å². The monoisotopic (exact) mass is 260 g/mol. The Morgan fingerprint density at radius 1 is 1.47 bits per heavy atom. The summed E-state index contributed by atoms with van der Waals surface area (Å²) in [7, 11) is 1.59. The van der Waals surface area contributed by atoms with Gasteiger partial charge in [0.15, 0.2) is 5.82 Å². The van der Waals surface area contributed by atoms with Crippen LogP contribution in [0.2, 0.25) is 0 Å². The van der Waals surface area contributed by atoms with Gasteiger partial charge in [-0.1, -0.05) is 25.4 Å². The molecule has 0 spiro atoms. The van der Waals surface area contributed by atoms with Crippen molar-refractivity contribution in [2.24, 2.45) is 10.7 Å². The maximum Gasteiger partial charge on any atom is 0.209 e. The minimum atomic E-state index is 0.328. The third-order valence-corrected chi connectivity index (χ3v) is 3.31. The average Bonchev–Trinajstić information content (AvgIpc) is 2.35. The number of aliphatic imine (C=N–C) groups is 1. The quantitative estimate of drug-likeness (QED) is 0.750. The summed E-state index contributed by atoms with van der Waals surface area (Å²) in [4.78, 5) is 8.38. The lowest BCUT2D eigenvalue weighted by Crippen LogP contribution is -2.39. The van der Waals surface area contributed by atoms with Crippen LogP contribution in [-0.4, -0.2) is 55.5 Å². The van der Waals surface area contributed by atoms with Crippen LogP contribution < -0.4 is 5.73 Å². The summed E-state index contributed by atoms with van der Waals surface area (Å²) in [6.45, 7) is 8.72. The lowest BCUT2D eigenvalue weighted by Gasteiger charge is -2.29. The van der Waals surface area contributed by atoms with Crippen LogP contribution >= 0.6 is 11.6 Å². The molecular weight excluding hydrogens is 240 g/mol. The SMILES string of the molecule is CCN(CC)CCN1CC(OC)=NC(N)=C1Cl. The number of hydrogen-bond acceptors (Lipinski definition) is 5. The van der Waals surface area contributed by atoms with Crippen LogP contribution in [0.1, 0.15) is 13.8 Å². The summed E-state index contributed by atoms with van der Waals surface area (Å²) >= 11 is 6.12. The van der Waals surface area contributed by atoms with Crippen molar-refractivity contribution in [2.75, 3.05) is 39.8 Å². The number of rotatable bonds is 5. The largest absolute Gasteiger partial charge is 0.483 e. The number of likely N-dealkylation sites (N-methyl/N-ethyl adjacent to an activating group) is 1. The number of ether oxygens (including phenoxy) is 1. The van der Waals surface area contributed by atoms with Crippen molar-refractivity contribution in [3.8, 4) is 0 Å². The van der Waals surface area contributed by atoms with Crippen LogP contribution in [0, 0.1) is 0 Å². The number of hydrogen-bond donors (Lipinski definition) is 1. The predicted octanol–water partition coefficient (Wildman–Crippen LogP) is 1.01. The van der Waals surface area contributed by atoms with Crippen molar-refractivity contribution in [1.82, 2.24) is 9.80 Å². The molecular formula is C11H21ClN4O. The molecule has 0 aromatic rings. The molecule has 17 heavy (non-hydrogen) atoms. The zero-order valence-corrected chi connectivity index (χ0v) is 11.5. The summed E-state index contributed by atoms with van der Waals surface area (Å²) < 4.78 is 5.12. The van der Waals surface area contributed by atoms with E-state index in [9.17, 15) is 0 Å². The first-order valence-corrected chi connectivity index (χ1v) is 6.24. The highest BCUT2D eigenvalue weighted by molar-refractivity contribution is 6.29. The first-order valence-electron chi connectivity index (χ1n) is 5.86. The Labute approximate surface area is 108 Å². The predicted molar refractivity (Wildman–Crippen MR) is 70.9 cm³/mol. The molecule has 1 aliphatic rings. The first kappa shape index (κ1) is 14.1. The van der Waals surface area contributed by atoms with Crippen molar-refractivity contribution in [2.45, 2.75) is 13.8 Å². The first-order chi connectivity index (χ1) is 8.12. The summed E-state index contributed by atoms with van der Waals surface area (Å²) in [5.41, 5.74) is 5.73. The van der Waals surface area contributed by atoms with E-state index < -0.39 is 0 Å². The minimum absolute atomic E-state index is 0.328. The summed E-state index contributed by atoms with van der Waals surface area (Å²) in [5, 5.41) is 0.512. The van der Waals surface area contributed by atoms with E-state index in [1.807, 2.05) is 4.90 Å². The van der Waals surface area contributed by atoms with Crippen molar-refractivity contribution in [3.05, 3.63) is 11.0 Å². The van der Waals surface area contributed by atoms with E-state index in [1.54, 1.807) is 7.11 Å². The molecule has 0 amide bonds. The fourth-order valence-corrected chi connectivity index (χ4v) is 1.89. The average molecular weight is 261 g/mol. The Balaban J connectivity index is 2.58. The second-order valence-electron chi connectivity index (χ2n) is 3.83. The fraction of sp³-hybridized carbons (Fsp3) is 0.727. The van der Waals surface area contributed by atoms with Crippen LogP contribution in [0.4, 0.5) is 0 Å². The zero-order valence-electron chi connectivity index (χ0n) is 10.7. The van der Waals surface area contributed by atoms with Crippen molar-refractivity contribution < 1.29 is 4.74 Å². The molecule has 0 atom stereocenters. The lowest BCUT2D eigenvalue weighted by atomic mass is 10.4. The Kier molecular flexibility index (Phi) is 5.58. The molecule has 1 heterocycles. The van der Waals surface area contributed by atoms with Gasteiger partial charge in [-0.05, 0) is 13.1 Å². The molecule has 0 aromatic carbocycles. The molecule has 0 fully saturated rings. The molecule has 0 unspecified atom stereocenters. The molecule has 0 aliphatic carbocycles. The number of halogens is 1. The third-order valence-electron chi connectivity index (χ3n) is 2.88. The normalized spacial score (nSPS) is 16.5. The van der Waals surface area contributed by atoms with Gasteiger partial charge in [0.2, 0.25) is 5.90 Å². The van der Waals surface area contributed by atoms with E-state index in [0.717, 1.165) is 26.2 Å². The highest BCUT2D eigenvalue weighted by Crippen LogP contribution is 2.17. The maximum atomic E-state index is 6.12. The highest BCUT2D eigenvalue weighted by atomic mass is 35.5. The maximum absolute atomic E-state index is 6.12. The molecule has 0 bridgehead atoms. The molecule has 2 N–H and O–H groups in total. The van der Waals surface area contributed by atoms with Gasteiger partial charge in [-0.2, -0.15) is 4.99 Å². The van der Waals surface area contributed by atoms with Crippen LogP contribution in [-0.2, 0) is 4.74 Å². The molecule has 0 saturated carbocycles. The van der Waals surface area contributed by atoms with E-state index in [0.29, 0.717) is 23.4 Å². The standard InChI is InChI=1S/C11H21ClN4O/c1-4-15(5-2)6-7-16-8-9(17-3)14-11(13)10(16)12/h4-8,13H2,1-3H3. The summed E-state index contributed by atoms with van der Waals surface area (Å²) in [6, 6.07) is 0. The molecule has 0 saturated heterocycles. The molecule has 0 aromatic heterocycles. The molecule has 98 valence electrons. The second-order valence-corrected chi connectivity index (χ2v) is 4.19. The number of nitrogens with two attached hydrogens (primary N) is 1. The van der Waals surface area contributed by atoms with Gasteiger partial charge in [0.25, 0.3) is 0 Å². The van der Waals surface area contributed by atoms with E-state index in [4.69, 9.17) is 22.1 Å². The van der Waals surface area contributed by atoms with Gasteiger partial charge >= 0.3 is 0 Å². The minimum Gasteiger partial charge on any atom is -0.483 e. The smallest absolute Gasteiger partial charge is 0.209 e. The van der Waals surface area contributed by atoms with Gasteiger partial charge < -0.3 is 20.3 Å².